The Bertz CT molecular complexity index is 350. The van der Waals surface area contributed by atoms with Crippen LogP contribution in [0.3, 0.4) is 0 Å². The largest absolute Gasteiger partial charge is 0.360 e. The first kappa shape index (κ1) is 10.6. The topological polar surface area (TPSA) is 12.0 Å². The number of rotatable bonds is 4. The minimum atomic E-state index is 0.910. The molecule has 1 heteroatoms. The van der Waals surface area contributed by atoms with E-state index in [2.05, 4.69) is 49.7 Å². The zero-order chi connectivity index (χ0) is 10.6. The Morgan fingerprint density at radius 1 is 1.36 bits per heavy atom. The first-order chi connectivity index (χ1) is 6.63. The molecule has 0 aromatic heterocycles. The quantitative estimate of drug-likeness (QED) is 0.762. The monoisotopic (exact) mass is 187 g/mol. The summed E-state index contributed by atoms with van der Waals surface area (Å²) in [6.07, 6.45) is 1.05. The van der Waals surface area contributed by atoms with Crippen molar-refractivity contribution in [3.05, 3.63) is 54.2 Å². The molecule has 1 nitrogen and oxygen atoms in total. The van der Waals surface area contributed by atoms with Crippen LogP contribution in [-0.2, 0) is 6.42 Å². The second-order valence-electron chi connectivity index (χ2n) is 3.44. The minimum Gasteiger partial charge on any atom is -0.360 e. The van der Waals surface area contributed by atoms with Crippen LogP contribution in [-0.4, -0.2) is 0 Å². The van der Waals surface area contributed by atoms with Gasteiger partial charge < -0.3 is 5.32 Å². The molecular formula is C13H17N. The van der Waals surface area contributed by atoms with Gasteiger partial charge in [-0.25, -0.2) is 0 Å². The second kappa shape index (κ2) is 4.66. The number of allylic oxidation sites excluding steroid dienone is 1. The van der Waals surface area contributed by atoms with Crippen molar-refractivity contribution < 1.29 is 0 Å². The van der Waals surface area contributed by atoms with E-state index < -0.39 is 0 Å². The van der Waals surface area contributed by atoms with E-state index in [1.807, 2.05) is 6.92 Å². The average molecular weight is 187 g/mol. The van der Waals surface area contributed by atoms with Gasteiger partial charge in [0.05, 0.1) is 0 Å². The maximum atomic E-state index is 3.97. The highest BCUT2D eigenvalue weighted by atomic mass is 14.9. The SMILES string of the molecule is C=C(C)NC(=C)c1cccc(CC)c1. The Morgan fingerprint density at radius 2 is 2.07 bits per heavy atom. The van der Waals surface area contributed by atoms with Gasteiger partial charge in [-0.1, -0.05) is 38.3 Å². The predicted octanol–water partition coefficient (Wildman–Crippen LogP) is 3.34. The maximum Gasteiger partial charge on any atom is 0.0382 e. The molecule has 14 heavy (non-hydrogen) atoms. The lowest BCUT2D eigenvalue weighted by molar-refractivity contribution is 1.09. The lowest BCUT2D eigenvalue weighted by Crippen LogP contribution is -2.07. The molecule has 1 aromatic rings. The zero-order valence-electron chi connectivity index (χ0n) is 8.93. The molecule has 0 aliphatic rings. The summed E-state index contributed by atoms with van der Waals surface area (Å²) in [5.74, 6) is 0. The summed E-state index contributed by atoms with van der Waals surface area (Å²) in [5, 5.41) is 3.12. The van der Waals surface area contributed by atoms with E-state index in [0.717, 1.165) is 23.4 Å². The van der Waals surface area contributed by atoms with Gasteiger partial charge in [0.15, 0.2) is 0 Å². The number of hydrogen-bond acceptors (Lipinski definition) is 1. The van der Waals surface area contributed by atoms with E-state index in [0.29, 0.717) is 0 Å². The third kappa shape index (κ3) is 2.77. The zero-order valence-corrected chi connectivity index (χ0v) is 8.93. The van der Waals surface area contributed by atoms with Gasteiger partial charge in [0, 0.05) is 11.4 Å². The molecule has 0 unspecified atom stereocenters. The summed E-state index contributed by atoms with van der Waals surface area (Å²) in [6, 6.07) is 8.38. The van der Waals surface area contributed by atoms with Gasteiger partial charge in [0.25, 0.3) is 0 Å². The fourth-order valence-corrected chi connectivity index (χ4v) is 1.31. The molecule has 1 N–H and O–H groups in total. The van der Waals surface area contributed by atoms with Crippen molar-refractivity contribution in [2.45, 2.75) is 20.3 Å². The van der Waals surface area contributed by atoms with Crippen LogP contribution in [0.5, 0.6) is 0 Å². The summed E-state index contributed by atoms with van der Waals surface area (Å²) in [7, 11) is 0. The van der Waals surface area contributed by atoms with Gasteiger partial charge in [0.1, 0.15) is 0 Å². The van der Waals surface area contributed by atoms with Gasteiger partial charge in [-0.3, -0.25) is 0 Å². The molecule has 0 spiro atoms. The van der Waals surface area contributed by atoms with Crippen molar-refractivity contribution in [1.82, 2.24) is 5.32 Å². The van der Waals surface area contributed by atoms with Gasteiger partial charge in [-0.2, -0.15) is 0 Å². The molecular weight excluding hydrogens is 170 g/mol. The summed E-state index contributed by atoms with van der Waals surface area (Å²) in [5.41, 5.74) is 4.28. The van der Waals surface area contributed by atoms with Gasteiger partial charge >= 0.3 is 0 Å². The van der Waals surface area contributed by atoms with Crippen LogP contribution in [0.1, 0.15) is 25.0 Å². The van der Waals surface area contributed by atoms with Crippen molar-refractivity contribution >= 4 is 5.70 Å². The Labute approximate surface area is 86.2 Å². The molecule has 1 rings (SSSR count). The fourth-order valence-electron chi connectivity index (χ4n) is 1.31. The molecule has 0 heterocycles. The highest BCUT2D eigenvalue weighted by Crippen LogP contribution is 2.13. The van der Waals surface area contributed by atoms with Gasteiger partial charge in [0.2, 0.25) is 0 Å². The van der Waals surface area contributed by atoms with Crippen LogP contribution in [0.15, 0.2) is 43.1 Å². The molecule has 74 valence electrons. The van der Waals surface area contributed by atoms with E-state index in [1.165, 1.54) is 5.56 Å². The second-order valence-corrected chi connectivity index (χ2v) is 3.44. The molecule has 0 bridgehead atoms. The fraction of sp³-hybridized carbons (Fsp3) is 0.231. The third-order valence-electron chi connectivity index (χ3n) is 2.05. The molecule has 0 radical (unpaired) electrons. The predicted molar refractivity (Wildman–Crippen MR) is 62.8 cm³/mol. The van der Waals surface area contributed by atoms with Gasteiger partial charge in [-0.15, -0.1) is 0 Å². The third-order valence-corrected chi connectivity index (χ3v) is 2.05. The van der Waals surface area contributed by atoms with Crippen molar-refractivity contribution in [3.63, 3.8) is 0 Å². The van der Waals surface area contributed by atoms with Crippen LogP contribution >= 0.6 is 0 Å². The molecule has 0 amide bonds. The van der Waals surface area contributed by atoms with Crippen LogP contribution in [0.4, 0.5) is 0 Å². The number of hydrogen-bond donors (Lipinski definition) is 1. The Hall–Kier alpha value is -1.50. The maximum absolute atomic E-state index is 3.97. The Morgan fingerprint density at radius 3 is 2.64 bits per heavy atom. The van der Waals surface area contributed by atoms with Crippen molar-refractivity contribution in [2.24, 2.45) is 0 Å². The van der Waals surface area contributed by atoms with Crippen molar-refractivity contribution in [1.29, 1.82) is 0 Å². The van der Waals surface area contributed by atoms with Crippen LogP contribution < -0.4 is 5.32 Å². The van der Waals surface area contributed by atoms with Gasteiger partial charge in [-0.05, 0) is 30.5 Å². The highest BCUT2D eigenvalue weighted by Gasteiger charge is 1.98. The molecule has 0 aliphatic carbocycles. The van der Waals surface area contributed by atoms with E-state index in [-0.39, 0.29) is 0 Å². The van der Waals surface area contributed by atoms with Crippen LogP contribution in [0, 0.1) is 0 Å². The first-order valence-corrected chi connectivity index (χ1v) is 4.84. The van der Waals surface area contributed by atoms with E-state index >= 15 is 0 Å². The first-order valence-electron chi connectivity index (χ1n) is 4.84. The molecule has 0 aliphatic heterocycles. The molecule has 0 fully saturated rings. The average Bonchev–Trinajstić information content (AvgIpc) is 2.17. The highest BCUT2D eigenvalue weighted by molar-refractivity contribution is 5.63. The molecule has 0 atom stereocenters. The summed E-state index contributed by atoms with van der Waals surface area (Å²) < 4.78 is 0. The van der Waals surface area contributed by atoms with E-state index in [9.17, 15) is 0 Å². The lowest BCUT2D eigenvalue weighted by atomic mass is 10.1. The van der Waals surface area contributed by atoms with E-state index in [4.69, 9.17) is 0 Å². The number of aryl methyl sites for hydroxylation is 1. The Kier molecular flexibility index (Phi) is 3.52. The van der Waals surface area contributed by atoms with Crippen LogP contribution in [0.2, 0.25) is 0 Å². The van der Waals surface area contributed by atoms with Crippen LogP contribution in [0.25, 0.3) is 5.70 Å². The van der Waals surface area contributed by atoms with Crippen molar-refractivity contribution in [3.8, 4) is 0 Å². The number of nitrogens with one attached hydrogen (secondary N) is 1. The molecule has 0 saturated carbocycles. The normalized spacial score (nSPS) is 9.57. The van der Waals surface area contributed by atoms with Crippen molar-refractivity contribution in [2.75, 3.05) is 0 Å². The lowest BCUT2D eigenvalue weighted by Gasteiger charge is -2.09. The summed E-state index contributed by atoms with van der Waals surface area (Å²) in [6.45, 7) is 11.8. The van der Waals surface area contributed by atoms with E-state index in [1.54, 1.807) is 0 Å². The number of benzene rings is 1. The standard InChI is InChI=1S/C13H17N/c1-5-12-7-6-8-13(9-12)11(4)14-10(2)3/h6-9,14H,2,4-5H2,1,3H3. The molecule has 0 saturated heterocycles. The Balaban J connectivity index is 2.84. The summed E-state index contributed by atoms with van der Waals surface area (Å²) >= 11 is 0. The smallest absolute Gasteiger partial charge is 0.0382 e. The molecule has 1 aromatic carbocycles. The summed E-state index contributed by atoms with van der Waals surface area (Å²) in [4.78, 5) is 0. The minimum absolute atomic E-state index is 0.910.